The SMILES string of the molecule is COC(=O)c1ccnc(Oc2ccc(Cl)c(Cl)c2)c1N. The van der Waals surface area contributed by atoms with E-state index < -0.39 is 5.97 Å². The topological polar surface area (TPSA) is 74.4 Å². The summed E-state index contributed by atoms with van der Waals surface area (Å²) < 4.78 is 10.1. The predicted molar refractivity (Wildman–Crippen MR) is 76.5 cm³/mol. The van der Waals surface area contributed by atoms with Crippen LogP contribution in [0.4, 0.5) is 5.69 Å². The Kier molecular flexibility index (Phi) is 4.32. The van der Waals surface area contributed by atoms with E-state index in [0.29, 0.717) is 15.8 Å². The number of pyridine rings is 1. The van der Waals surface area contributed by atoms with Crippen LogP contribution in [0.3, 0.4) is 0 Å². The molecule has 1 aromatic carbocycles. The van der Waals surface area contributed by atoms with Crippen molar-refractivity contribution in [2.45, 2.75) is 0 Å². The Morgan fingerprint density at radius 2 is 2.00 bits per heavy atom. The molecule has 104 valence electrons. The number of aromatic nitrogens is 1. The number of methoxy groups -OCH3 is 1. The van der Waals surface area contributed by atoms with Gasteiger partial charge in [0.25, 0.3) is 0 Å². The average molecular weight is 313 g/mol. The van der Waals surface area contributed by atoms with Crippen LogP contribution in [0, 0.1) is 0 Å². The maximum absolute atomic E-state index is 11.5. The van der Waals surface area contributed by atoms with Gasteiger partial charge in [-0.25, -0.2) is 9.78 Å². The first kappa shape index (κ1) is 14.4. The highest BCUT2D eigenvalue weighted by Crippen LogP contribution is 2.31. The highest BCUT2D eigenvalue weighted by Gasteiger charge is 2.15. The van der Waals surface area contributed by atoms with Gasteiger partial charge in [-0.1, -0.05) is 23.2 Å². The van der Waals surface area contributed by atoms with Crippen molar-refractivity contribution in [1.29, 1.82) is 0 Å². The van der Waals surface area contributed by atoms with Crippen LogP contribution in [0.1, 0.15) is 10.4 Å². The van der Waals surface area contributed by atoms with Gasteiger partial charge in [0.05, 0.1) is 22.7 Å². The van der Waals surface area contributed by atoms with Crippen molar-refractivity contribution < 1.29 is 14.3 Å². The highest BCUT2D eigenvalue weighted by molar-refractivity contribution is 6.42. The van der Waals surface area contributed by atoms with Crippen LogP contribution in [0.2, 0.25) is 10.0 Å². The summed E-state index contributed by atoms with van der Waals surface area (Å²) in [4.78, 5) is 15.5. The molecular weight excluding hydrogens is 303 g/mol. The molecule has 1 aromatic heterocycles. The standard InChI is InChI=1S/C13H10Cl2N2O3/c1-19-13(18)8-4-5-17-12(11(8)16)20-7-2-3-9(14)10(15)6-7/h2-6H,16H2,1H3. The van der Waals surface area contributed by atoms with Gasteiger partial charge in [0, 0.05) is 12.3 Å². The Balaban J connectivity index is 2.34. The number of carbonyl (C=O) groups excluding carboxylic acids is 1. The Morgan fingerprint density at radius 3 is 2.65 bits per heavy atom. The first-order valence-electron chi connectivity index (χ1n) is 5.48. The zero-order valence-corrected chi connectivity index (χ0v) is 11.9. The number of hydrogen-bond acceptors (Lipinski definition) is 5. The summed E-state index contributed by atoms with van der Waals surface area (Å²) in [5.41, 5.74) is 6.09. The second-order valence-electron chi connectivity index (χ2n) is 3.75. The van der Waals surface area contributed by atoms with E-state index in [9.17, 15) is 4.79 Å². The van der Waals surface area contributed by atoms with Crippen LogP contribution in [0.5, 0.6) is 11.6 Å². The number of anilines is 1. The van der Waals surface area contributed by atoms with E-state index in [0.717, 1.165) is 0 Å². The summed E-state index contributed by atoms with van der Waals surface area (Å²) in [6, 6.07) is 6.17. The van der Waals surface area contributed by atoms with Gasteiger partial charge in [-0.2, -0.15) is 0 Å². The van der Waals surface area contributed by atoms with E-state index in [2.05, 4.69) is 9.72 Å². The second kappa shape index (κ2) is 5.98. The highest BCUT2D eigenvalue weighted by atomic mass is 35.5. The van der Waals surface area contributed by atoms with Crippen LogP contribution in [-0.4, -0.2) is 18.1 Å². The van der Waals surface area contributed by atoms with Crippen LogP contribution in [0.25, 0.3) is 0 Å². The third-order valence-electron chi connectivity index (χ3n) is 2.46. The second-order valence-corrected chi connectivity index (χ2v) is 4.56. The van der Waals surface area contributed by atoms with Crippen LogP contribution >= 0.6 is 23.2 Å². The first-order valence-corrected chi connectivity index (χ1v) is 6.24. The van der Waals surface area contributed by atoms with Crippen LogP contribution in [0.15, 0.2) is 30.5 Å². The molecule has 0 aliphatic heterocycles. The Morgan fingerprint density at radius 1 is 1.25 bits per heavy atom. The van der Waals surface area contributed by atoms with Crippen LogP contribution < -0.4 is 10.5 Å². The molecule has 1 heterocycles. The summed E-state index contributed by atoms with van der Waals surface area (Å²) in [7, 11) is 1.27. The lowest BCUT2D eigenvalue weighted by Crippen LogP contribution is -2.07. The van der Waals surface area contributed by atoms with E-state index in [-0.39, 0.29) is 17.1 Å². The number of nitrogens with zero attached hydrogens (tertiary/aromatic N) is 1. The van der Waals surface area contributed by atoms with Gasteiger partial charge in [0.2, 0.25) is 5.88 Å². The molecule has 2 aromatic rings. The van der Waals surface area contributed by atoms with Gasteiger partial charge in [-0.3, -0.25) is 0 Å². The molecule has 0 unspecified atom stereocenters. The molecule has 0 radical (unpaired) electrons. The number of halogens is 2. The molecule has 2 N–H and O–H groups in total. The van der Waals surface area contributed by atoms with Gasteiger partial charge in [0.15, 0.2) is 0 Å². The number of nitrogen functional groups attached to an aromatic ring is 1. The fourth-order valence-electron chi connectivity index (χ4n) is 1.48. The summed E-state index contributed by atoms with van der Waals surface area (Å²) in [5.74, 6) is -0.0733. The van der Waals surface area contributed by atoms with E-state index in [1.165, 1.54) is 25.4 Å². The molecule has 0 aliphatic rings. The predicted octanol–water partition coefficient (Wildman–Crippen LogP) is 3.55. The molecule has 5 nitrogen and oxygen atoms in total. The van der Waals surface area contributed by atoms with Gasteiger partial charge in [-0.05, 0) is 18.2 Å². The minimum absolute atomic E-state index is 0.0884. The van der Waals surface area contributed by atoms with Crippen molar-refractivity contribution in [3.8, 4) is 11.6 Å². The third kappa shape index (κ3) is 2.95. The van der Waals surface area contributed by atoms with Gasteiger partial charge in [-0.15, -0.1) is 0 Å². The molecule has 2 rings (SSSR count). The number of benzene rings is 1. The Bertz CT molecular complexity index is 662. The molecule has 0 bridgehead atoms. The lowest BCUT2D eigenvalue weighted by Gasteiger charge is -2.10. The first-order chi connectivity index (χ1) is 9.52. The van der Waals surface area contributed by atoms with Crippen molar-refractivity contribution in [3.63, 3.8) is 0 Å². The monoisotopic (exact) mass is 312 g/mol. The van der Waals surface area contributed by atoms with Gasteiger partial charge in [0.1, 0.15) is 11.4 Å². The molecular formula is C13H10Cl2N2O3. The molecule has 0 fully saturated rings. The van der Waals surface area contributed by atoms with Crippen molar-refractivity contribution in [2.24, 2.45) is 0 Å². The lowest BCUT2D eigenvalue weighted by atomic mass is 10.2. The lowest BCUT2D eigenvalue weighted by molar-refractivity contribution is 0.0601. The summed E-state index contributed by atoms with van der Waals surface area (Å²) in [6.45, 7) is 0. The zero-order valence-electron chi connectivity index (χ0n) is 10.4. The number of hydrogen-bond donors (Lipinski definition) is 1. The number of nitrogens with two attached hydrogens (primary N) is 1. The van der Waals surface area contributed by atoms with Crippen LogP contribution in [-0.2, 0) is 4.74 Å². The number of esters is 1. The fraction of sp³-hybridized carbons (Fsp3) is 0.0769. The normalized spacial score (nSPS) is 10.2. The summed E-state index contributed by atoms with van der Waals surface area (Å²) >= 11 is 11.7. The molecule has 7 heteroatoms. The quantitative estimate of drug-likeness (QED) is 0.877. The molecule has 0 aliphatic carbocycles. The Hall–Kier alpha value is -1.98. The average Bonchev–Trinajstić information content (AvgIpc) is 2.44. The zero-order chi connectivity index (χ0) is 14.7. The molecule has 0 spiro atoms. The van der Waals surface area contributed by atoms with Crippen molar-refractivity contribution in [1.82, 2.24) is 4.98 Å². The molecule has 0 saturated heterocycles. The van der Waals surface area contributed by atoms with Gasteiger partial charge < -0.3 is 15.2 Å². The van der Waals surface area contributed by atoms with E-state index in [1.54, 1.807) is 12.1 Å². The van der Waals surface area contributed by atoms with Crippen molar-refractivity contribution >= 4 is 34.9 Å². The van der Waals surface area contributed by atoms with Crippen molar-refractivity contribution in [3.05, 3.63) is 46.1 Å². The minimum Gasteiger partial charge on any atom is -0.465 e. The summed E-state index contributed by atoms with van der Waals surface area (Å²) in [6.07, 6.45) is 1.40. The number of ether oxygens (including phenoxy) is 2. The molecule has 0 saturated carbocycles. The smallest absolute Gasteiger partial charge is 0.340 e. The van der Waals surface area contributed by atoms with E-state index in [4.69, 9.17) is 33.7 Å². The van der Waals surface area contributed by atoms with Gasteiger partial charge >= 0.3 is 5.97 Å². The minimum atomic E-state index is -0.566. The number of rotatable bonds is 3. The van der Waals surface area contributed by atoms with E-state index in [1.807, 2.05) is 0 Å². The largest absolute Gasteiger partial charge is 0.465 e. The maximum atomic E-state index is 11.5. The third-order valence-corrected chi connectivity index (χ3v) is 3.20. The molecule has 20 heavy (non-hydrogen) atoms. The maximum Gasteiger partial charge on any atom is 0.340 e. The van der Waals surface area contributed by atoms with Crippen molar-refractivity contribution in [2.75, 3.05) is 12.8 Å². The van der Waals surface area contributed by atoms with E-state index >= 15 is 0 Å². The number of carbonyl (C=O) groups is 1. The Labute approximate surface area is 125 Å². The summed E-state index contributed by atoms with van der Waals surface area (Å²) in [5, 5.41) is 0.745. The molecule has 0 amide bonds. The fourth-order valence-corrected chi connectivity index (χ4v) is 1.76. The molecule has 0 atom stereocenters.